The van der Waals surface area contributed by atoms with E-state index in [9.17, 15) is 9.18 Å². The lowest BCUT2D eigenvalue weighted by molar-refractivity contribution is 0.129. The number of halogens is 1. The van der Waals surface area contributed by atoms with E-state index in [0.29, 0.717) is 17.4 Å². The van der Waals surface area contributed by atoms with Crippen molar-refractivity contribution in [3.8, 4) is 11.8 Å². The molecule has 0 radical (unpaired) electrons. The number of benzene rings is 1. The highest BCUT2D eigenvalue weighted by atomic mass is 19.1. The summed E-state index contributed by atoms with van der Waals surface area (Å²) in [6, 6.07) is 5.43. The maximum atomic E-state index is 12.9. The number of carbonyl (C=O) groups excluding carboxylic acids is 1. The van der Waals surface area contributed by atoms with E-state index in [1.54, 1.807) is 12.4 Å². The van der Waals surface area contributed by atoms with Gasteiger partial charge in [0.1, 0.15) is 11.9 Å². The number of methoxy groups -OCH3 is 1. The quantitative estimate of drug-likeness (QED) is 0.856. The molecule has 2 aromatic rings. The molecule has 3 rings (SSSR count). The molecule has 8 heteroatoms. The molecule has 1 aliphatic carbocycles. The molecule has 1 heterocycles. The van der Waals surface area contributed by atoms with Crippen LogP contribution in [0, 0.1) is 5.82 Å². The van der Waals surface area contributed by atoms with E-state index in [2.05, 4.69) is 20.6 Å². The Morgan fingerprint density at radius 1 is 1.08 bits per heavy atom. The molecule has 1 aliphatic rings. The van der Waals surface area contributed by atoms with Crippen LogP contribution >= 0.6 is 0 Å². The van der Waals surface area contributed by atoms with Gasteiger partial charge in [-0.25, -0.2) is 19.2 Å². The maximum absolute atomic E-state index is 12.9. The van der Waals surface area contributed by atoms with Gasteiger partial charge >= 0.3 is 6.03 Å². The Morgan fingerprint density at radius 3 is 2.38 bits per heavy atom. The minimum Gasteiger partial charge on any atom is -0.477 e. The highest BCUT2D eigenvalue weighted by Gasteiger charge is 2.25. The first-order valence-corrected chi connectivity index (χ1v) is 8.49. The Hall–Kier alpha value is -2.90. The van der Waals surface area contributed by atoms with Gasteiger partial charge in [0.15, 0.2) is 0 Å². The van der Waals surface area contributed by atoms with E-state index in [-0.39, 0.29) is 24.0 Å². The fourth-order valence-corrected chi connectivity index (χ4v) is 2.90. The summed E-state index contributed by atoms with van der Waals surface area (Å²) in [7, 11) is 1.53. The Balaban J connectivity index is 1.44. The minimum absolute atomic E-state index is 0.0128. The summed E-state index contributed by atoms with van der Waals surface area (Å²) in [6.45, 7) is 0. The van der Waals surface area contributed by atoms with Crippen molar-refractivity contribution in [1.29, 1.82) is 0 Å². The molecule has 0 aliphatic heterocycles. The summed E-state index contributed by atoms with van der Waals surface area (Å²) in [5.41, 5.74) is 0.552. The Labute approximate surface area is 150 Å². The molecule has 0 unspecified atom stereocenters. The van der Waals surface area contributed by atoms with Crippen LogP contribution in [-0.4, -0.2) is 35.3 Å². The third-order valence-corrected chi connectivity index (χ3v) is 4.22. The van der Waals surface area contributed by atoms with Gasteiger partial charge in [-0.05, 0) is 49.9 Å². The molecule has 1 fully saturated rings. The monoisotopic (exact) mass is 360 g/mol. The van der Waals surface area contributed by atoms with E-state index in [0.717, 1.165) is 25.7 Å². The topological polar surface area (TPSA) is 85.4 Å². The van der Waals surface area contributed by atoms with Crippen LogP contribution in [0.15, 0.2) is 36.7 Å². The van der Waals surface area contributed by atoms with Crippen LogP contribution in [0.1, 0.15) is 25.7 Å². The zero-order valence-corrected chi connectivity index (χ0v) is 14.4. The summed E-state index contributed by atoms with van der Waals surface area (Å²) in [5, 5.41) is 5.64. The Kier molecular flexibility index (Phi) is 5.83. The van der Waals surface area contributed by atoms with E-state index in [1.807, 2.05) is 0 Å². The molecule has 7 nitrogen and oxygen atoms in total. The van der Waals surface area contributed by atoms with Gasteiger partial charge in [0.25, 0.3) is 11.8 Å². The molecule has 2 N–H and O–H groups in total. The largest absolute Gasteiger partial charge is 0.477 e. The standard InChI is InChI=1S/C18H21FN4O3/c1-25-16-17(21-11-10-20-16)26-15-8-6-14(7-9-15)23-18(24)22-13-4-2-12(19)3-5-13/h2-5,10-11,14-15H,6-9H2,1H3,(H2,22,23,24). The number of hydrogen-bond acceptors (Lipinski definition) is 5. The number of rotatable bonds is 5. The second-order valence-electron chi connectivity index (χ2n) is 6.07. The number of ether oxygens (including phenoxy) is 2. The van der Waals surface area contributed by atoms with E-state index in [1.165, 1.54) is 31.4 Å². The molecule has 26 heavy (non-hydrogen) atoms. The van der Waals surface area contributed by atoms with Crippen LogP contribution < -0.4 is 20.1 Å². The molecule has 1 aromatic heterocycles. The summed E-state index contributed by atoms with van der Waals surface area (Å²) in [6.07, 6.45) is 6.30. The van der Waals surface area contributed by atoms with Gasteiger partial charge in [-0.3, -0.25) is 0 Å². The molecule has 0 spiro atoms. The summed E-state index contributed by atoms with van der Waals surface area (Å²) in [5.74, 6) is 0.418. The maximum Gasteiger partial charge on any atom is 0.319 e. The lowest BCUT2D eigenvalue weighted by Gasteiger charge is -2.29. The first kappa shape index (κ1) is 17.9. The fraction of sp³-hybridized carbons (Fsp3) is 0.389. The summed E-state index contributed by atoms with van der Waals surface area (Å²) < 4.78 is 23.9. The summed E-state index contributed by atoms with van der Waals surface area (Å²) >= 11 is 0. The van der Waals surface area contributed by atoms with Gasteiger partial charge in [0.2, 0.25) is 0 Å². The fourth-order valence-electron chi connectivity index (χ4n) is 2.90. The SMILES string of the molecule is COc1nccnc1OC1CCC(NC(=O)Nc2ccc(F)cc2)CC1. The molecule has 1 aromatic carbocycles. The van der Waals surface area contributed by atoms with Crippen LogP contribution in [0.4, 0.5) is 14.9 Å². The third-order valence-electron chi connectivity index (χ3n) is 4.22. The third kappa shape index (κ3) is 4.81. The van der Waals surface area contributed by atoms with Gasteiger partial charge in [-0.15, -0.1) is 0 Å². The molecule has 138 valence electrons. The number of carbonyl (C=O) groups is 1. The predicted molar refractivity (Wildman–Crippen MR) is 93.8 cm³/mol. The van der Waals surface area contributed by atoms with Crippen molar-refractivity contribution in [3.05, 3.63) is 42.5 Å². The molecule has 0 saturated heterocycles. The van der Waals surface area contributed by atoms with E-state index >= 15 is 0 Å². The van der Waals surface area contributed by atoms with Gasteiger partial charge in [-0.1, -0.05) is 0 Å². The van der Waals surface area contributed by atoms with Crippen molar-refractivity contribution in [3.63, 3.8) is 0 Å². The zero-order valence-electron chi connectivity index (χ0n) is 14.4. The molecule has 0 bridgehead atoms. The average Bonchev–Trinajstić information content (AvgIpc) is 2.65. The average molecular weight is 360 g/mol. The van der Waals surface area contributed by atoms with Crippen molar-refractivity contribution < 1.29 is 18.7 Å². The van der Waals surface area contributed by atoms with E-state index < -0.39 is 0 Å². The normalized spacial score (nSPS) is 19.5. The van der Waals surface area contributed by atoms with Gasteiger partial charge < -0.3 is 20.1 Å². The zero-order chi connectivity index (χ0) is 18.4. The predicted octanol–water partition coefficient (Wildman–Crippen LogP) is 3.14. The Bertz CT molecular complexity index is 733. The van der Waals surface area contributed by atoms with E-state index in [4.69, 9.17) is 9.47 Å². The number of amides is 2. The van der Waals surface area contributed by atoms with Crippen molar-refractivity contribution in [2.24, 2.45) is 0 Å². The minimum atomic E-state index is -0.339. The van der Waals surface area contributed by atoms with Gasteiger partial charge in [0, 0.05) is 24.1 Å². The number of hydrogen-bond donors (Lipinski definition) is 2. The van der Waals surface area contributed by atoms with Gasteiger partial charge in [0.05, 0.1) is 7.11 Å². The molecule has 0 atom stereocenters. The molecule has 2 amide bonds. The molecular weight excluding hydrogens is 339 g/mol. The van der Waals surface area contributed by atoms with Gasteiger partial charge in [-0.2, -0.15) is 0 Å². The second-order valence-corrected chi connectivity index (χ2v) is 6.07. The molecular formula is C18H21FN4O3. The van der Waals surface area contributed by atoms with Crippen LogP contribution in [0.5, 0.6) is 11.8 Å². The van der Waals surface area contributed by atoms with Crippen LogP contribution in [0.3, 0.4) is 0 Å². The Morgan fingerprint density at radius 2 is 1.73 bits per heavy atom. The van der Waals surface area contributed by atoms with Crippen molar-refractivity contribution in [2.75, 3.05) is 12.4 Å². The van der Waals surface area contributed by atoms with Crippen LogP contribution in [0.25, 0.3) is 0 Å². The second kappa shape index (κ2) is 8.46. The van der Waals surface area contributed by atoms with Crippen molar-refractivity contribution >= 4 is 11.7 Å². The number of nitrogens with zero attached hydrogens (tertiary/aromatic N) is 2. The lowest BCUT2D eigenvalue weighted by atomic mass is 9.93. The van der Waals surface area contributed by atoms with Crippen molar-refractivity contribution in [1.82, 2.24) is 15.3 Å². The summed E-state index contributed by atoms with van der Waals surface area (Å²) in [4.78, 5) is 20.3. The lowest BCUT2D eigenvalue weighted by Crippen LogP contribution is -2.41. The molecule has 1 saturated carbocycles. The smallest absolute Gasteiger partial charge is 0.319 e. The number of urea groups is 1. The number of nitrogens with one attached hydrogen (secondary N) is 2. The highest BCUT2D eigenvalue weighted by molar-refractivity contribution is 5.89. The first-order valence-electron chi connectivity index (χ1n) is 8.49. The van der Waals surface area contributed by atoms with Crippen molar-refractivity contribution in [2.45, 2.75) is 37.8 Å². The number of aromatic nitrogens is 2. The highest BCUT2D eigenvalue weighted by Crippen LogP contribution is 2.27. The number of anilines is 1. The van der Waals surface area contributed by atoms with Crippen LogP contribution in [0.2, 0.25) is 0 Å². The van der Waals surface area contributed by atoms with Crippen LogP contribution in [-0.2, 0) is 0 Å². The first-order chi connectivity index (χ1) is 12.6.